The third-order valence-electron chi connectivity index (χ3n) is 8.07. The van der Waals surface area contributed by atoms with Crippen LogP contribution in [0.2, 0.25) is 0 Å². The quantitative estimate of drug-likeness (QED) is 0.184. The Balaban J connectivity index is 1.32. The molecular weight excluding hydrogens is 604 g/mol. The molecule has 0 radical (unpaired) electrons. The van der Waals surface area contributed by atoms with E-state index in [2.05, 4.69) is 9.97 Å². The largest absolute Gasteiger partial charge is 0.478 e. The SMILES string of the molecule is CC1(C)COCC1n1c(Cc2cc(F)c(-c3cccc(OCc4ccc(C#N)cc4F)n3)cc2F)nc2c(F)cc(C(=O)O)cc21. The molecule has 1 N–H and O–H groups in total. The lowest BCUT2D eigenvalue weighted by Gasteiger charge is -2.28. The summed E-state index contributed by atoms with van der Waals surface area (Å²) < 4.78 is 73.5. The highest BCUT2D eigenvalue weighted by Crippen LogP contribution is 2.41. The molecule has 0 saturated carbocycles. The van der Waals surface area contributed by atoms with E-state index >= 15 is 13.2 Å². The van der Waals surface area contributed by atoms with Crippen LogP contribution in [-0.2, 0) is 17.8 Å². The molecular formula is C34H26F4N4O4. The summed E-state index contributed by atoms with van der Waals surface area (Å²) in [5.41, 5.74) is -0.364. The Labute approximate surface area is 260 Å². The van der Waals surface area contributed by atoms with Crippen molar-refractivity contribution >= 4 is 17.0 Å². The predicted octanol–water partition coefficient (Wildman–Crippen LogP) is 6.99. The Kier molecular flexibility index (Phi) is 7.96. The van der Waals surface area contributed by atoms with Crippen LogP contribution in [-0.4, -0.2) is 38.8 Å². The lowest BCUT2D eigenvalue weighted by molar-refractivity contribution is 0.0696. The second-order valence-corrected chi connectivity index (χ2v) is 11.7. The summed E-state index contributed by atoms with van der Waals surface area (Å²) in [6.45, 7) is 4.30. The van der Waals surface area contributed by atoms with Crippen LogP contribution in [0.4, 0.5) is 17.6 Å². The molecule has 1 saturated heterocycles. The number of carbonyl (C=O) groups is 1. The van der Waals surface area contributed by atoms with Crippen LogP contribution in [0.15, 0.2) is 60.7 Å². The van der Waals surface area contributed by atoms with Crippen LogP contribution in [0.25, 0.3) is 22.3 Å². The van der Waals surface area contributed by atoms with Gasteiger partial charge in [-0.3, -0.25) is 0 Å². The molecule has 0 bridgehead atoms. The molecule has 5 aromatic rings. The van der Waals surface area contributed by atoms with E-state index in [1.165, 1.54) is 36.4 Å². The molecule has 1 fully saturated rings. The number of ether oxygens (including phenoxy) is 2. The highest BCUT2D eigenvalue weighted by molar-refractivity contribution is 5.93. The molecule has 0 amide bonds. The Bertz CT molecular complexity index is 2050. The van der Waals surface area contributed by atoms with Crippen LogP contribution >= 0.6 is 0 Å². The number of aromatic carboxylic acids is 1. The number of aromatic nitrogens is 3. The van der Waals surface area contributed by atoms with Gasteiger partial charge in [-0.2, -0.15) is 5.26 Å². The molecule has 1 aliphatic rings. The maximum Gasteiger partial charge on any atom is 0.335 e. The van der Waals surface area contributed by atoms with Gasteiger partial charge in [-0.25, -0.2) is 32.3 Å². The van der Waals surface area contributed by atoms with Crippen molar-refractivity contribution in [1.29, 1.82) is 5.26 Å². The van der Waals surface area contributed by atoms with E-state index in [0.29, 0.717) is 6.61 Å². The fourth-order valence-electron chi connectivity index (χ4n) is 5.60. The maximum absolute atomic E-state index is 15.6. The number of rotatable bonds is 8. The number of hydrogen-bond acceptors (Lipinski definition) is 6. The van der Waals surface area contributed by atoms with Crippen molar-refractivity contribution in [1.82, 2.24) is 14.5 Å². The minimum absolute atomic E-state index is 0.0445. The van der Waals surface area contributed by atoms with Gasteiger partial charge in [0.2, 0.25) is 5.88 Å². The zero-order valence-electron chi connectivity index (χ0n) is 24.7. The molecule has 6 rings (SSSR count). The Hall–Kier alpha value is -5.28. The maximum atomic E-state index is 15.6. The van der Waals surface area contributed by atoms with Crippen LogP contribution in [0.3, 0.4) is 0 Å². The number of nitrogens with zero attached hydrogens (tertiary/aromatic N) is 4. The Morgan fingerprint density at radius 1 is 1.02 bits per heavy atom. The zero-order chi connectivity index (χ0) is 32.7. The van der Waals surface area contributed by atoms with Gasteiger partial charge in [-0.1, -0.05) is 26.0 Å². The molecule has 1 aliphatic heterocycles. The number of halogens is 4. The smallest absolute Gasteiger partial charge is 0.335 e. The average molecular weight is 631 g/mol. The van der Waals surface area contributed by atoms with Crippen molar-refractivity contribution in [2.45, 2.75) is 32.9 Å². The highest BCUT2D eigenvalue weighted by atomic mass is 19.1. The third-order valence-corrected chi connectivity index (χ3v) is 8.07. The lowest BCUT2D eigenvalue weighted by atomic mass is 9.87. The lowest BCUT2D eigenvalue weighted by Crippen LogP contribution is -2.27. The number of hydrogen-bond donors (Lipinski definition) is 1. The number of benzene rings is 3. The van der Waals surface area contributed by atoms with Crippen molar-refractivity contribution in [2.75, 3.05) is 13.2 Å². The van der Waals surface area contributed by atoms with Gasteiger partial charge in [0, 0.05) is 29.0 Å². The number of carboxylic acids is 1. The monoisotopic (exact) mass is 630 g/mol. The molecule has 3 aromatic carbocycles. The normalized spacial score (nSPS) is 15.6. The average Bonchev–Trinajstić information content (AvgIpc) is 3.56. The van der Waals surface area contributed by atoms with E-state index in [9.17, 15) is 14.3 Å². The standard InChI is InChI=1S/C34H26F4N4O4/c1-34(2)17-45-16-29(34)42-28-11-21(33(43)44)10-26(38)32(28)41-30(42)12-20-9-25(37)22(13-24(20)36)27-4-3-5-31(40-27)46-15-19-7-6-18(14-39)8-23(19)35/h3-11,13,29H,12,15-17H2,1-2H3,(H,43,44). The van der Waals surface area contributed by atoms with Crippen LogP contribution in [0.5, 0.6) is 5.88 Å². The zero-order valence-corrected chi connectivity index (χ0v) is 24.7. The van der Waals surface area contributed by atoms with Gasteiger partial charge in [0.05, 0.1) is 47.7 Å². The number of fused-ring (bicyclic) bond motifs is 1. The van der Waals surface area contributed by atoms with Crippen LogP contribution in [0.1, 0.15) is 52.8 Å². The fourth-order valence-corrected chi connectivity index (χ4v) is 5.60. The fraction of sp³-hybridized carbons (Fsp3) is 0.235. The van der Waals surface area contributed by atoms with E-state index in [-0.39, 0.29) is 81.9 Å². The van der Waals surface area contributed by atoms with E-state index in [1.54, 1.807) is 4.57 Å². The van der Waals surface area contributed by atoms with Crippen molar-refractivity contribution < 1.29 is 36.9 Å². The summed E-state index contributed by atoms with van der Waals surface area (Å²) in [7, 11) is 0. The molecule has 46 heavy (non-hydrogen) atoms. The van der Waals surface area contributed by atoms with Gasteiger partial charge in [0.1, 0.15) is 35.4 Å². The topological polar surface area (TPSA) is 110 Å². The summed E-state index contributed by atoms with van der Waals surface area (Å²) >= 11 is 0. The van der Waals surface area contributed by atoms with E-state index in [1.807, 2.05) is 19.9 Å². The van der Waals surface area contributed by atoms with Gasteiger partial charge >= 0.3 is 5.97 Å². The third kappa shape index (κ3) is 5.77. The molecule has 0 aliphatic carbocycles. The van der Waals surface area contributed by atoms with Crippen molar-refractivity contribution in [2.24, 2.45) is 5.41 Å². The predicted molar refractivity (Wildman–Crippen MR) is 158 cm³/mol. The van der Waals surface area contributed by atoms with Gasteiger partial charge in [-0.15, -0.1) is 0 Å². The van der Waals surface area contributed by atoms with E-state index in [0.717, 1.165) is 24.3 Å². The van der Waals surface area contributed by atoms with Gasteiger partial charge in [0.25, 0.3) is 0 Å². The number of pyridine rings is 1. The summed E-state index contributed by atoms with van der Waals surface area (Å²) in [5, 5.41) is 18.5. The molecule has 1 atom stereocenters. The van der Waals surface area contributed by atoms with Gasteiger partial charge in [0.15, 0.2) is 5.82 Å². The number of carboxylic acid groups (broad SMARTS) is 1. The van der Waals surface area contributed by atoms with E-state index < -0.39 is 34.7 Å². The molecule has 1 unspecified atom stereocenters. The Morgan fingerprint density at radius 2 is 1.80 bits per heavy atom. The highest BCUT2D eigenvalue weighted by Gasteiger charge is 2.39. The van der Waals surface area contributed by atoms with Crippen molar-refractivity contribution in [3.63, 3.8) is 0 Å². The summed E-state index contributed by atoms with van der Waals surface area (Å²) in [6.07, 6.45) is -0.223. The summed E-state index contributed by atoms with van der Waals surface area (Å²) in [6, 6.07) is 14.1. The second-order valence-electron chi connectivity index (χ2n) is 11.7. The molecule has 0 spiro atoms. The first kappa shape index (κ1) is 30.7. The van der Waals surface area contributed by atoms with E-state index in [4.69, 9.17) is 14.7 Å². The summed E-state index contributed by atoms with van der Waals surface area (Å²) in [5.74, 6) is -4.07. The molecule has 2 aromatic heterocycles. The van der Waals surface area contributed by atoms with Crippen molar-refractivity contribution in [3.05, 3.63) is 112 Å². The second kappa shape index (κ2) is 11.9. The van der Waals surface area contributed by atoms with Crippen LogP contribution in [0, 0.1) is 40.0 Å². The molecule has 8 nitrogen and oxygen atoms in total. The molecule has 12 heteroatoms. The first-order chi connectivity index (χ1) is 21.9. The minimum atomic E-state index is -1.31. The van der Waals surface area contributed by atoms with Gasteiger partial charge < -0.3 is 19.1 Å². The first-order valence-corrected chi connectivity index (χ1v) is 14.2. The summed E-state index contributed by atoms with van der Waals surface area (Å²) in [4.78, 5) is 20.4. The van der Waals surface area contributed by atoms with Gasteiger partial charge in [-0.05, 0) is 48.0 Å². The van der Waals surface area contributed by atoms with Crippen LogP contribution < -0.4 is 4.74 Å². The van der Waals surface area contributed by atoms with Crippen molar-refractivity contribution in [3.8, 4) is 23.2 Å². The number of nitriles is 1. The number of imidazole rings is 1. The first-order valence-electron chi connectivity index (χ1n) is 14.2. The Morgan fingerprint density at radius 3 is 2.50 bits per heavy atom. The molecule has 234 valence electrons. The molecule has 3 heterocycles. The minimum Gasteiger partial charge on any atom is -0.478 e.